The lowest BCUT2D eigenvalue weighted by Gasteiger charge is -2.06. The van der Waals surface area contributed by atoms with Crippen molar-refractivity contribution in [2.45, 2.75) is 19.8 Å². The quantitative estimate of drug-likeness (QED) is 0.687. The number of hydrogen-bond donors (Lipinski definition) is 2. The third-order valence-electron chi connectivity index (χ3n) is 1.79. The Morgan fingerprint density at radius 2 is 1.67 bits per heavy atom. The van der Waals surface area contributed by atoms with Crippen LogP contribution >= 0.6 is 0 Å². The molecule has 0 saturated carbocycles. The molecule has 0 atom stereocenters. The van der Waals surface area contributed by atoms with E-state index in [1.165, 1.54) is 0 Å². The van der Waals surface area contributed by atoms with Gasteiger partial charge in [0.15, 0.2) is 0 Å². The Labute approximate surface area is 89.5 Å². The highest BCUT2D eigenvalue weighted by Gasteiger charge is 2.04. The third kappa shape index (κ3) is 3.57. The van der Waals surface area contributed by atoms with Crippen molar-refractivity contribution in [1.82, 2.24) is 15.0 Å². The Hall–Kier alpha value is -1.59. The molecule has 0 fully saturated rings. The van der Waals surface area contributed by atoms with Gasteiger partial charge in [-0.1, -0.05) is 13.3 Å². The fraction of sp³-hybridized carbons (Fsp3) is 0.667. The van der Waals surface area contributed by atoms with Crippen molar-refractivity contribution in [1.29, 1.82) is 0 Å². The summed E-state index contributed by atoms with van der Waals surface area (Å²) < 4.78 is 5.39. The van der Waals surface area contributed by atoms with Gasteiger partial charge in [-0.05, 0) is 6.42 Å². The minimum atomic E-state index is 0.354. The van der Waals surface area contributed by atoms with Crippen molar-refractivity contribution in [3.05, 3.63) is 0 Å². The lowest BCUT2D eigenvalue weighted by atomic mass is 10.4. The van der Waals surface area contributed by atoms with E-state index >= 15 is 0 Å². The Morgan fingerprint density at radius 1 is 1.07 bits per heavy atom. The average Bonchev–Trinajstić information content (AvgIpc) is 2.29. The molecular formula is C9H17N5O. The van der Waals surface area contributed by atoms with Gasteiger partial charge in [0.25, 0.3) is 0 Å². The van der Waals surface area contributed by atoms with Gasteiger partial charge in [-0.15, -0.1) is 0 Å². The van der Waals surface area contributed by atoms with Gasteiger partial charge in [0.05, 0.1) is 6.61 Å². The lowest BCUT2D eigenvalue weighted by Crippen LogP contribution is -2.07. The molecule has 1 rings (SSSR count). The van der Waals surface area contributed by atoms with Crippen LogP contribution in [0.2, 0.25) is 0 Å². The Bertz CT molecular complexity index is 282. The van der Waals surface area contributed by atoms with Crippen LogP contribution in [0, 0.1) is 0 Å². The van der Waals surface area contributed by atoms with Crippen molar-refractivity contribution < 1.29 is 4.74 Å². The molecule has 6 heteroatoms. The molecule has 0 radical (unpaired) electrons. The summed E-state index contributed by atoms with van der Waals surface area (Å²) in [6.07, 6.45) is 2.08. The monoisotopic (exact) mass is 211 g/mol. The van der Waals surface area contributed by atoms with Crippen LogP contribution in [-0.4, -0.2) is 35.7 Å². The van der Waals surface area contributed by atoms with Crippen LogP contribution in [-0.2, 0) is 0 Å². The number of aromatic nitrogens is 3. The predicted molar refractivity (Wildman–Crippen MR) is 59.3 cm³/mol. The summed E-state index contributed by atoms with van der Waals surface area (Å²) in [5.41, 5.74) is 0. The molecule has 15 heavy (non-hydrogen) atoms. The molecule has 0 unspecified atom stereocenters. The number of rotatable bonds is 6. The first kappa shape index (κ1) is 11.5. The van der Waals surface area contributed by atoms with E-state index in [0.717, 1.165) is 12.8 Å². The number of unbranched alkanes of at least 4 members (excludes halogenated alkanes) is 1. The number of nitrogens with one attached hydrogen (secondary N) is 2. The highest BCUT2D eigenvalue weighted by atomic mass is 16.5. The molecule has 1 heterocycles. The lowest BCUT2D eigenvalue weighted by molar-refractivity contribution is 0.285. The molecule has 1 aromatic heterocycles. The van der Waals surface area contributed by atoms with Crippen LogP contribution < -0.4 is 15.4 Å². The second kappa shape index (κ2) is 6.00. The van der Waals surface area contributed by atoms with Gasteiger partial charge in [0, 0.05) is 14.1 Å². The number of nitrogens with zero attached hydrogens (tertiary/aromatic N) is 3. The first-order valence-electron chi connectivity index (χ1n) is 5.04. The van der Waals surface area contributed by atoms with Crippen LogP contribution in [0.1, 0.15) is 19.8 Å². The topological polar surface area (TPSA) is 72.0 Å². The SMILES string of the molecule is CCCCOc1nc(NC)nc(NC)n1. The van der Waals surface area contributed by atoms with Gasteiger partial charge in [-0.2, -0.15) is 15.0 Å². The Balaban J connectivity index is 2.68. The molecule has 0 spiro atoms. The fourth-order valence-corrected chi connectivity index (χ4v) is 0.952. The van der Waals surface area contributed by atoms with E-state index in [-0.39, 0.29) is 0 Å². The second-order valence-corrected chi connectivity index (χ2v) is 2.97. The number of hydrogen-bond acceptors (Lipinski definition) is 6. The van der Waals surface area contributed by atoms with E-state index in [0.29, 0.717) is 24.5 Å². The number of anilines is 2. The van der Waals surface area contributed by atoms with Crippen molar-refractivity contribution in [3.63, 3.8) is 0 Å². The zero-order chi connectivity index (χ0) is 11.1. The first-order chi connectivity index (χ1) is 7.30. The van der Waals surface area contributed by atoms with E-state index < -0.39 is 0 Å². The van der Waals surface area contributed by atoms with Crippen molar-refractivity contribution in [2.24, 2.45) is 0 Å². The van der Waals surface area contributed by atoms with Crippen LogP contribution in [0.3, 0.4) is 0 Å². The van der Waals surface area contributed by atoms with Gasteiger partial charge in [0.1, 0.15) is 0 Å². The van der Waals surface area contributed by atoms with Crippen LogP contribution in [0.5, 0.6) is 6.01 Å². The molecule has 0 aliphatic heterocycles. The normalized spacial score (nSPS) is 9.80. The maximum atomic E-state index is 5.39. The molecule has 84 valence electrons. The molecule has 0 amide bonds. The van der Waals surface area contributed by atoms with Crippen LogP contribution in [0.15, 0.2) is 0 Å². The summed E-state index contributed by atoms with van der Waals surface area (Å²) in [5, 5.41) is 5.70. The van der Waals surface area contributed by atoms with E-state index in [4.69, 9.17) is 4.74 Å². The zero-order valence-electron chi connectivity index (χ0n) is 9.37. The summed E-state index contributed by atoms with van der Waals surface area (Å²) >= 11 is 0. The largest absolute Gasteiger partial charge is 0.463 e. The molecule has 1 aromatic rings. The highest BCUT2D eigenvalue weighted by Crippen LogP contribution is 2.10. The second-order valence-electron chi connectivity index (χ2n) is 2.97. The predicted octanol–water partition coefficient (Wildman–Crippen LogP) is 1.13. The molecule has 0 saturated heterocycles. The fourth-order valence-electron chi connectivity index (χ4n) is 0.952. The van der Waals surface area contributed by atoms with Gasteiger partial charge in [0.2, 0.25) is 11.9 Å². The van der Waals surface area contributed by atoms with Crippen molar-refractivity contribution in [3.8, 4) is 6.01 Å². The van der Waals surface area contributed by atoms with Crippen LogP contribution in [0.4, 0.5) is 11.9 Å². The molecule has 0 aliphatic rings. The molecule has 0 aliphatic carbocycles. The smallest absolute Gasteiger partial charge is 0.323 e. The summed E-state index contributed by atoms with van der Waals surface area (Å²) in [4.78, 5) is 12.2. The van der Waals surface area contributed by atoms with E-state index in [1.54, 1.807) is 14.1 Å². The minimum absolute atomic E-state index is 0.354. The molecule has 2 N–H and O–H groups in total. The summed E-state index contributed by atoms with van der Waals surface area (Å²) in [7, 11) is 3.51. The average molecular weight is 211 g/mol. The van der Waals surface area contributed by atoms with E-state index in [2.05, 4.69) is 32.5 Å². The summed E-state index contributed by atoms with van der Waals surface area (Å²) in [6, 6.07) is 0.354. The molecule has 0 aromatic carbocycles. The maximum Gasteiger partial charge on any atom is 0.323 e. The van der Waals surface area contributed by atoms with E-state index in [1.807, 2.05) is 0 Å². The first-order valence-corrected chi connectivity index (χ1v) is 5.04. The van der Waals surface area contributed by atoms with Gasteiger partial charge in [-0.25, -0.2) is 0 Å². The minimum Gasteiger partial charge on any atom is -0.463 e. The standard InChI is InChI=1S/C9H17N5O/c1-4-5-6-15-9-13-7(10-2)12-8(11-3)14-9/h4-6H2,1-3H3,(H2,10,11,12,13,14). The van der Waals surface area contributed by atoms with Gasteiger partial charge in [-0.3, -0.25) is 0 Å². The number of ether oxygens (including phenoxy) is 1. The van der Waals surface area contributed by atoms with Gasteiger partial charge >= 0.3 is 6.01 Å². The van der Waals surface area contributed by atoms with Gasteiger partial charge < -0.3 is 15.4 Å². The third-order valence-corrected chi connectivity index (χ3v) is 1.79. The molecule has 6 nitrogen and oxygen atoms in total. The highest BCUT2D eigenvalue weighted by molar-refractivity contribution is 5.34. The molecule has 0 bridgehead atoms. The van der Waals surface area contributed by atoms with Crippen molar-refractivity contribution >= 4 is 11.9 Å². The Kier molecular flexibility index (Phi) is 4.59. The van der Waals surface area contributed by atoms with Crippen molar-refractivity contribution in [2.75, 3.05) is 31.3 Å². The Morgan fingerprint density at radius 3 is 2.13 bits per heavy atom. The van der Waals surface area contributed by atoms with E-state index in [9.17, 15) is 0 Å². The maximum absolute atomic E-state index is 5.39. The zero-order valence-corrected chi connectivity index (χ0v) is 9.37. The summed E-state index contributed by atoms with van der Waals surface area (Å²) in [5.74, 6) is 1.00. The molecular weight excluding hydrogens is 194 g/mol. The van der Waals surface area contributed by atoms with Crippen LogP contribution in [0.25, 0.3) is 0 Å². The summed E-state index contributed by atoms with van der Waals surface area (Å²) in [6.45, 7) is 2.74.